The van der Waals surface area contributed by atoms with E-state index in [4.69, 9.17) is 0 Å². The fourth-order valence-corrected chi connectivity index (χ4v) is 3.36. The van der Waals surface area contributed by atoms with Crippen LogP contribution in [0.25, 0.3) is 11.0 Å². The zero-order valence-corrected chi connectivity index (χ0v) is 16.0. The molecule has 1 amide bonds. The number of fused-ring (bicyclic) bond motifs is 1. The number of hydrogen-bond acceptors (Lipinski definition) is 3. The van der Waals surface area contributed by atoms with Gasteiger partial charge in [0.05, 0.1) is 23.1 Å². The molecular weight excluding hydrogens is 364 g/mol. The third-order valence-electron chi connectivity index (χ3n) is 4.86. The number of aromatic amines is 2. The van der Waals surface area contributed by atoms with E-state index in [1.54, 1.807) is 18.2 Å². The summed E-state index contributed by atoms with van der Waals surface area (Å²) in [5.41, 5.74) is 3.89. The summed E-state index contributed by atoms with van der Waals surface area (Å²) in [4.78, 5) is 29.6. The SMILES string of the molecule is CC(NC(c1ccccc1)c1ccccc1)C(=O)Nc1ccc2[nH]c(=O)[nH]c2c1. The third kappa shape index (κ3) is 4.28. The van der Waals surface area contributed by atoms with Crippen LogP contribution in [0.2, 0.25) is 0 Å². The Balaban J connectivity index is 1.52. The van der Waals surface area contributed by atoms with E-state index in [9.17, 15) is 9.59 Å². The highest BCUT2D eigenvalue weighted by Gasteiger charge is 2.20. The second-order valence-corrected chi connectivity index (χ2v) is 6.97. The molecule has 146 valence electrons. The predicted octanol–water partition coefficient (Wildman–Crippen LogP) is 3.56. The lowest BCUT2D eigenvalue weighted by molar-refractivity contribution is -0.117. The van der Waals surface area contributed by atoms with Crippen molar-refractivity contribution in [3.8, 4) is 0 Å². The molecule has 6 nitrogen and oxygen atoms in total. The summed E-state index contributed by atoms with van der Waals surface area (Å²) in [6, 6.07) is 24.8. The molecule has 0 bridgehead atoms. The topological polar surface area (TPSA) is 89.8 Å². The maximum Gasteiger partial charge on any atom is 0.323 e. The summed E-state index contributed by atoms with van der Waals surface area (Å²) in [6.45, 7) is 1.84. The molecule has 4 N–H and O–H groups in total. The van der Waals surface area contributed by atoms with Crippen molar-refractivity contribution in [1.82, 2.24) is 15.3 Å². The highest BCUT2D eigenvalue weighted by molar-refractivity contribution is 5.96. The molecule has 0 saturated carbocycles. The number of amides is 1. The molecule has 0 spiro atoms. The molecule has 0 aliphatic heterocycles. The number of H-pyrrole nitrogens is 2. The van der Waals surface area contributed by atoms with Gasteiger partial charge in [-0.2, -0.15) is 0 Å². The van der Waals surface area contributed by atoms with Gasteiger partial charge in [0.25, 0.3) is 0 Å². The van der Waals surface area contributed by atoms with Crippen LogP contribution in [-0.2, 0) is 4.79 Å². The fourth-order valence-electron chi connectivity index (χ4n) is 3.36. The van der Waals surface area contributed by atoms with Crippen molar-refractivity contribution in [1.29, 1.82) is 0 Å². The minimum Gasteiger partial charge on any atom is -0.325 e. The van der Waals surface area contributed by atoms with E-state index in [1.165, 1.54) is 0 Å². The van der Waals surface area contributed by atoms with Gasteiger partial charge in [0.2, 0.25) is 5.91 Å². The maximum atomic E-state index is 12.8. The van der Waals surface area contributed by atoms with Crippen molar-refractivity contribution in [3.63, 3.8) is 0 Å². The van der Waals surface area contributed by atoms with Crippen LogP contribution in [0, 0.1) is 0 Å². The molecular formula is C23H22N4O2. The van der Waals surface area contributed by atoms with Crippen LogP contribution in [0.15, 0.2) is 83.7 Å². The molecule has 0 saturated heterocycles. The highest BCUT2D eigenvalue weighted by atomic mass is 16.2. The lowest BCUT2D eigenvalue weighted by Gasteiger charge is -2.24. The van der Waals surface area contributed by atoms with Crippen molar-refractivity contribution >= 4 is 22.6 Å². The molecule has 1 atom stereocenters. The Morgan fingerprint density at radius 3 is 2.03 bits per heavy atom. The summed E-state index contributed by atoms with van der Waals surface area (Å²) in [5.74, 6) is -0.154. The van der Waals surface area contributed by atoms with E-state index in [-0.39, 0.29) is 17.6 Å². The normalized spacial score (nSPS) is 12.2. The Kier molecular flexibility index (Phi) is 5.27. The Labute approximate surface area is 168 Å². The minimum absolute atomic E-state index is 0.110. The summed E-state index contributed by atoms with van der Waals surface area (Å²) in [7, 11) is 0. The summed E-state index contributed by atoms with van der Waals surface area (Å²) >= 11 is 0. The Morgan fingerprint density at radius 2 is 1.41 bits per heavy atom. The standard InChI is InChI=1S/C23H22N4O2/c1-15(22(28)25-18-12-13-19-20(14-18)27-23(29)26-19)24-21(16-8-4-2-5-9-16)17-10-6-3-7-11-17/h2-15,21,24H,1H3,(H,25,28)(H2,26,27,29). The van der Waals surface area contributed by atoms with Crippen molar-refractivity contribution in [2.75, 3.05) is 5.32 Å². The van der Waals surface area contributed by atoms with E-state index in [0.29, 0.717) is 16.7 Å². The second-order valence-electron chi connectivity index (χ2n) is 6.97. The number of anilines is 1. The molecule has 6 heteroatoms. The lowest BCUT2D eigenvalue weighted by Crippen LogP contribution is -2.40. The Bertz CT molecular complexity index is 1130. The van der Waals surface area contributed by atoms with Crippen molar-refractivity contribution in [2.24, 2.45) is 0 Å². The minimum atomic E-state index is -0.443. The monoisotopic (exact) mass is 386 g/mol. The molecule has 0 aliphatic carbocycles. The first-order valence-corrected chi connectivity index (χ1v) is 9.49. The van der Waals surface area contributed by atoms with Crippen molar-refractivity contribution in [2.45, 2.75) is 19.0 Å². The van der Waals surface area contributed by atoms with Gasteiger partial charge in [0.1, 0.15) is 0 Å². The van der Waals surface area contributed by atoms with Gasteiger partial charge in [-0.25, -0.2) is 4.79 Å². The van der Waals surface area contributed by atoms with E-state index in [0.717, 1.165) is 11.1 Å². The maximum absolute atomic E-state index is 12.8. The number of carbonyl (C=O) groups is 1. The van der Waals surface area contributed by atoms with E-state index >= 15 is 0 Å². The Morgan fingerprint density at radius 1 is 0.828 bits per heavy atom. The van der Waals surface area contributed by atoms with Crippen molar-refractivity contribution < 1.29 is 4.79 Å². The number of rotatable bonds is 6. The first kappa shape index (κ1) is 18.7. The summed E-state index contributed by atoms with van der Waals surface area (Å²) in [6.07, 6.45) is 0. The lowest BCUT2D eigenvalue weighted by atomic mass is 9.98. The average molecular weight is 386 g/mol. The van der Waals surface area contributed by atoms with E-state index in [2.05, 4.69) is 20.6 Å². The quantitative estimate of drug-likeness (QED) is 0.408. The third-order valence-corrected chi connectivity index (χ3v) is 4.86. The van der Waals surface area contributed by atoms with Crippen molar-refractivity contribution in [3.05, 3.63) is 100 Å². The van der Waals surface area contributed by atoms with Crippen LogP contribution in [0.3, 0.4) is 0 Å². The second kappa shape index (κ2) is 8.16. The zero-order valence-electron chi connectivity index (χ0n) is 16.0. The predicted molar refractivity (Wildman–Crippen MR) is 115 cm³/mol. The van der Waals surface area contributed by atoms with Crippen LogP contribution in [0.4, 0.5) is 5.69 Å². The number of carbonyl (C=O) groups excluding carboxylic acids is 1. The number of hydrogen-bond donors (Lipinski definition) is 4. The molecule has 0 aliphatic rings. The largest absolute Gasteiger partial charge is 0.325 e. The van der Waals surface area contributed by atoms with E-state index < -0.39 is 6.04 Å². The van der Waals surface area contributed by atoms with Crippen LogP contribution < -0.4 is 16.3 Å². The molecule has 0 radical (unpaired) electrons. The van der Waals surface area contributed by atoms with Gasteiger partial charge < -0.3 is 15.3 Å². The molecule has 29 heavy (non-hydrogen) atoms. The summed E-state index contributed by atoms with van der Waals surface area (Å²) < 4.78 is 0. The molecule has 3 aromatic carbocycles. The number of nitrogens with one attached hydrogen (secondary N) is 4. The molecule has 1 heterocycles. The number of aromatic nitrogens is 2. The molecule has 1 aromatic heterocycles. The van der Waals surface area contributed by atoms with Crippen LogP contribution >= 0.6 is 0 Å². The summed E-state index contributed by atoms with van der Waals surface area (Å²) in [5, 5.41) is 6.35. The van der Waals surface area contributed by atoms with Gasteiger partial charge in [0.15, 0.2) is 0 Å². The van der Waals surface area contributed by atoms with Gasteiger partial charge >= 0.3 is 5.69 Å². The molecule has 1 unspecified atom stereocenters. The average Bonchev–Trinajstić information content (AvgIpc) is 3.12. The van der Waals surface area contributed by atoms with Gasteiger partial charge in [-0.3, -0.25) is 10.1 Å². The zero-order chi connectivity index (χ0) is 20.2. The van der Waals surface area contributed by atoms with Gasteiger partial charge in [-0.15, -0.1) is 0 Å². The van der Waals surface area contributed by atoms with Gasteiger partial charge in [-0.05, 0) is 36.2 Å². The highest BCUT2D eigenvalue weighted by Crippen LogP contribution is 2.23. The van der Waals surface area contributed by atoms with Crippen LogP contribution in [-0.4, -0.2) is 21.9 Å². The first-order valence-electron chi connectivity index (χ1n) is 9.49. The number of benzene rings is 3. The van der Waals surface area contributed by atoms with Gasteiger partial charge in [-0.1, -0.05) is 60.7 Å². The van der Waals surface area contributed by atoms with E-state index in [1.807, 2.05) is 67.6 Å². The molecule has 4 rings (SSSR count). The fraction of sp³-hybridized carbons (Fsp3) is 0.130. The van der Waals surface area contributed by atoms with Crippen LogP contribution in [0.5, 0.6) is 0 Å². The van der Waals surface area contributed by atoms with Crippen LogP contribution in [0.1, 0.15) is 24.1 Å². The van der Waals surface area contributed by atoms with Gasteiger partial charge in [0, 0.05) is 5.69 Å². The number of imidazole rings is 1. The molecule has 4 aromatic rings. The first-order chi connectivity index (χ1) is 14.1. The molecule has 0 fully saturated rings. The Hall–Kier alpha value is -3.64. The smallest absolute Gasteiger partial charge is 0.323 e.